The fraction of sp³-hybridized carbons (Fsp3) is 0.500. The van der Waals surface area contributed by atoms with Gasteiger partial charge in [0.2, 0.25) is 0 Å². The molecule has 0 aliphatic heterocycles. The number of aromatic nitrogens is 3. The Bertz CT molecular complexity index is 726. The Balaban J connectivity index is 1.61. The maximum absolute atomic E-state index is 12.2. The fourth-order valence-electron chi connectivity index (χ4n) is 3.40. The minimum atomic E-state index is -0.258. The Labute approximate surface area is 147 Å². The Hall–Kier alpha value is -2.41. The Kier molecular flexibility index (Phi) is 5.33. The zero-order valence-corrected chi connectivity index (χ0v) is 14.7. The zero-order valence-electron chi connectivity index (χ0n) is 14.7. The number of hydrogen-bond acceptors (Lipinski definition) is 4. The van der Waals surface area contributed by atoms with Crippen molar-refractivity contribution in [2.75, 3.05) is 11.9 Å². The van der Waals surface area contributed by atoms with Crippen LogP contribution in [0.4, 0.5) is 10.5 Å². The van der Waals surface area contributed by atoms with Gasteiger partial charge in [-0.3, -0.25) is 0 Å². The van der Waals surface area contributed by atoms with Gasteiger partial charge in [0.05, 0.1) is 17.6 Å². The predicted octanol–water partition coefficient (Wildman–Crippen LogP) is 2.56. The molecule has 2 atom stereocenters. The maximum Gasteiger partial charge on any atom is 0.319 e. The molecule has 2 unspecified atom stereocenters. The molecule has 1 saturated carbocycles. The summed E-state index contributed by atoms with van der Waals surface area (Å²) in [5.74, 6) is 0.857. The number of urea groups is 1. The van der Waals surface area contributed by atoms with Gasteiger partial charge >= 0.3 is 6.03 Å². The highest BCUT2D eigenvalue weighted by Gasteiger charge is 2.25. The van der Waals surface area contributed by atoms with Crippen molar-refractivity contribution < 1.29 is 9.90 Å². The largest absolute Gasteiger partial charge is 0.396 e. The molecule has 0 aromatic carbocycles. The third-order valence-corrected chi connectivity index (χ3v) is 4.69. The van der Waals surface area contributed by atoms with Crippen LogP contribution >= 0.6 is 0 Å². The highest BCUT2D eigenvalue weighted by molar-refractivity contribution is 5.89. The van der Waals surface area contributed by atoms with E-state index in [9.17, 15) is 9.90 Å². The molecule has 134 valence electrons. The molecule has 2 heterocycles. The number of aliphatic hydroxyl groups excluding tert-OH is 1. The van der Waals surface area contributed by atoms with Crippen LogP contribution in [0.15, 0.2) is 24.4 Å². The fourth-order valence-corrected chi connectivity index (χ4v) is 3.40. The van der Waals surface area contributed by atoms with Crippen LogP contribution in [0.25, 0.3) is 5.82 Å². The smallest absolute Gasteiger partial charge is 0.319 e. The molecule has 0 spiro atoms. The van der Waals surface area contributed by atoms with Crippen LogP contribution in [0.2, 0.25) is 0 Å². The molecular formula is C18H25N5O2. The van der Waals surface area contributed by atoms with E-state index in [1.54, 1.807) is 10.9 Å². The molecule has 3 rings (SSSR count). The van der Waals surface area contributed by atoms with Gasteiger partial charge in [-0.25, -0.2) is 14.5 Å². The Morgan fingerprint density at radius 1 is 1.32 bits per heavy atom. The number of carbonyl (C=O) groups is 1. The summed E-state index contributed by atoms with van der Waals surface area (Å²) in [4.78, 5) is 16.6. The zero-order chi connectivity index (χ0) is 17.8. The minimum absolute atomic E-state index is 0.0284. The van der Waals surface area contributed by atoms with E-state index in [0.29, 0.717) is 11.5 Å². The second-order valence-corrected chi connectivity index (χ2v) is 6.68. The van der Waals surface area contributed by atoms with Crippen LogP contribution in [-0.4, -0.2) is 38.6 Å². The molecule has 1 aliphatic carbocycles. The molecule has 0 radical (unpaired) electrons. The van der Waals surface area contributed by atoms with Gasteiger partial charge in [0.25, 0.3) is 0 Å². The van der Waals surface area contributed by atoms with Gasteiger partial charge in [-0.1, -0.05) is 12.8 Å². The number of amides is 2. The van der Waals surface area contributed by atoms with E-state index in [-0.39, 0.29) is 24.6 Å². The van der Waals surface area contributed by atoms with Gasteiger partial charge in [-0.05, 0) is 44.9 Å². The molecule has 7 nitrogen and oxygen atoms in total. The molecule has 25 heavy (non-hydrogen) atoms. The van der Waals surface area contributed by atoms with Crippen molar-refractivity contribution in [2.45, 2.75) is 45.6 Å². The standard InChI is InChI=1S/C18H25N5O2/c1-12-9-13(2)23(22-12)17-8-7-15(10-19-17)20-18(25)21-16-6-4-3-5-14(16)11-24/h7-10,14,16,24H,3-6,11H2,1-2H3,(H2,20,21,25). The summed E-state index contributed by atoms with van der Waals surface area (Å²) in [6.07, 6.45) is 5.69. The van der Waals surface area contributed by atoms with Gasteiger partial charge in [0, 0.05) is 24.3 Å². The lowest BCUT2D eigenvalue weighted by atomic mass is 9.85. The summed E-state index contributed by atoms with van der Waals surface area (Å²) in [5.41, 5.74) is 2.57. The van der Waals surface area contributed by atoms with Gasteiger partial charge in [-0.15, -0.1) is 0 Å². The van der Waals surface area contributed by atoms with Crippen molar-refractivity contribution >= 4 is 11.7 Å². The van der Waals surface area contributed by atoms with Crippen LogP contribution in [0, 0.1) is 19.8 Å². The SMILES string of the molecule is Cc1cc(C)n(-c2ccc(NC(=O)NC3CCCCC3CO)cn2)n1. The second kappa shape index (κ2) is 7.65. The van der Waals surface area contributed by atoms with Crippen molar-refractivity contribution in [1.82, 2.24) is 20.1 Å². The summed E-state index contributed by atoms with van der Waals surface area (Å²) in [7, 11) is 0. The average Bonchev–Trinajstić information content (AvgIpc) is 2.94. The van der Waals surface area contributed by atoms with E-state index in [0.717, 1.165) is 37.1 Å². The topological polar surface area (TPSA) is 92.1 Å². The lowest BCUT2D eigenvalue weighted by molar-refractivity contribution is 0.156. The molecule has 0 saturated heterocycles. The summed E-state index contributed by atoms with van der Waals surface area (Å²) in [5, 5.41) is 19.6. The van der Waals surface area contributed by atoms with Gasteiger partial charge < -0.3 is 15.7 Å². The highest BCUT2D eigenvalue weighted by Crippen LogP contribution is 2.24. The quantitative estimate of drug-likeness (QED) is 0.795. The van der Waals surface area contributed by atoms with Crippen LogP contribution in [0.1, 0.15) is 37.1 Å². The number of carbonyl (C=O) groups excluding carboxylic acids is 1. The molecule has 2 aromatic heterocycles. The van der Waals surface area contributed by atoms with Crippen LogP contribution < -0.4 is 10.6 Å². The van der Waals surface area contributed by atoms with Crippen LogP contribution in [-0.2, 0) is 0 Å². The van der Waals surface area contributed by atoms with E-state index < -0.39 is 0 Å². The molecule has 2 amide bonds. The molecule has 7 heteroatoms. The second-order valence-electron chi connectivity index (χ2n) is 6.68. The molecule has 1 aliphatic rings. The lowest BCUT2D eigenvalue weighted by Crippen LogP contribution is -2.45. The first-order chi connectivity index (χ1) is 12.1. The number of nitrogens with one attached hydrogen (secondary N) is 2. The van der Waals surface area contributed by atoms with Crippen molar-refractivity contribution in [2.24, 2.45) is 5.92 Å². The van der Waals surface area contributed by atoms with Crippen LogP contribution in [0.3, 0.4) is 0 Å². The summed E-state index contributed by atoms with van der Waals surface area (Å²) in [6.45, 7) is 4.03. The Morgan fingerprint density at radius 3 is 2.76 bits per heavy atom. The van der Waals surface area contributed by atoms with E-state index in [4.69, 9.17) is 0 Å². The van der Waals surface area contributed by atoms with Gasteiger partial charge in [-0.2, -0.15) is 5.10 Å². The first-order valence-electron chi connectivity index (χ1n) is 8.75. The number of anilines is 1. The number of hydrogen-bond donors (Lipinski definition) is 3. The summed E-state index contributed by atoms with van der Waals surface area (Å²) < 4.78 is 1.77. The van der Waals surface area contributed by atoms with Crippen molar-refractivity contribution in [3.05, 3.63) is 35.8 Å². The van der Waals surface area contributed by atoms with Crippen molar-refractivity contribution in [3.8, 4) is 5.82 Å². The molecule has 2 aromatic rings. The highest BCUT2D eigenvalue weighted by atomic mass is 16.3. The molecule has 3 N–H and O–H groups in total. The first-order valence-corrected chi connectivity index (χ1v) is 8.75. The molecule has 0 bridgehead atoms. The number of nitrogens with zero attached hydrogens (tertiary/aromatic N) is 3. The van der Waals surface area contributed by atoms with Gasteiger partial charge in [0.1, 0.15) is 0 Å². The number of aliphatic hydroxyl groups is 1. The lowest BCUT2D eigenvalue weighted by Gasteiger charge is -2.30. The van der Waals surface area contributed by atoms with Crippen molar-refractivity contribution in [3.63, 3.8) is 0 Å². The van der Waals surface area contributed by atoms with E-state index >= 15 is 0 Å². The average molecular weight is 343 g/mol. The minimum Gasteiger partial charge on any atom is -0.396 e. The van der Waals surface area contributed by atoms with Crippen molar-refractivity contribution in [1.29, 1.82) is 0 Å². The first kappa shape index (κ1) is 17.4. The third kappa shape index (κ3) is 4.17. The number of aryl methyl sites for hydroxylation is 2. The van der Waals surface area contributed by atoms with E-state index in [1.165, 1.54) is 0 Å². The summed E-state index contributed by atoms with van der Waals surface area (Å²) in [6, 6.07) is 5.39. The number of pyridine rings is 1. The number of rotatable bonds is 4. The molecular weight excluding hydrogens is 318 g/mol. The molecule has 1 fully saturated rings. The summed E-state index contributed by atoms with van der Waals surface area (Å²) >= 11 is 0. The van der Waals surface area contributed by atoms with E-state index in [2.05, 4.69) is 20.7 Å². The van der Waals surface area contributed by atoms with Gasteiger partial charge in [0.15, 0.2) is 5.82 Å². The van der Waals surface area contributed by atoms with E-state index in [1.807, 2.05) is 32.0 Å². The predicted molar refractivity (Wildman–Crippen MR) is 95.8 cm³/mol. The van der Waals surface area contributed by atoms with Crippen LogP contribution in [0.5, 0.6) is 0 Å². The monoisotopic (exact) mass is 343 g/mol. The maximum atomic E-state index is 12.2. The Morgan fingerprint density at radius 2 is 2.12 bits per heavy atom. The normalized spacial score (nSPS) is 20.3. The third-order valence-electron chi connectivity index (χ3n) is 4.69.